The zero-order valence-corrected chi connectivity index (χ0v) is 10.2. The summed E-state index contributed by atoms with van der Waals surface area (Å²) in [7, 11) is 2.02. The van der Waals surface area contributed by atoms with E-state index in [1.54, 1.807) is 0 Å². The molecular formula is C14H17NO2. The molecule has 1 aromatic carbocycles. The number of likely N-dealkylation sites (tertiary alicyclic amines) is 1. The van der Waals surface area contributed by atoms with Crippen LogP contribution in [0.5, 0.6) is 0 Å². The third kappa shape index (κ3) is 1.75. The Morgan fingerprint density at radius 2 is 2.18 bits per heavy atom. The summed E-state index contributed by atoms with van der Waals surface area (Å²) >= 11 is 0. The van der Waals surface area contributed by atoms with Crippen LogP contribution in [0, 0.1) is 6.92 Å². The SMILES string of the molecule is Cc1ccc2oc(C3(O)CCN(C)C3)cc2c1. The summed E-state index contributed by atoms with van der Waals surface area (Å²) in [5.41, 5.74) is 1.25. The van der Waals surface area contributed by atoms with E-state index in [2.05, 4.69) is 17.9 Å². The van der Waals surface area contributed by atoms with Crippen molar-refractivity contribution in [1.82, 2.24) is 4.90 Å². The Kier molecular flexibility index (Phi) is 2.28. The summed E-state index contributed by atoms with van der Waals surface area (Å²) in [6, 6.07) is 8.06. The zero-order chi connectivity index (χ0) is 12.0. The molecule has 0 aliphatic carbocycles. The van der Waals surface area contributed by atoms with Crippen LogP contribution in [0.3, 0.4) is 0 Å². The molecule has 1 aromatic heterocycles. The van der Waals surface area contributed by atoms with Gasteiger partial charge >= 0.3 is 0 Å². The lowest BCUT2D eigenvalue weighted by Crippen LogP contribution is -2.28. The van der Waals surface area contributed by atoms with Crippen LogP contribution < -0.4 is 0 Å². The summed E-state index contributed by atoms with van der Waals surface area (Å²) in [6.45, 7) is 3.61. The number of fused-ring (bicyclic) bond motifs is 1. The molecule has 17 heavy (non-hydrogen) atoms. The summed E-state index contributed by atoms with van der Waals surface area (Å²) < 4.78 is 5.78. The van der Waals surface area contributed by atoms with Gasteiger partial charge in [0.25, 0.3) is 0 Å². The van der Waals surface area contributed by atoms with E-state index in [-0.39, 0.29) is 0 Å². The van der Waals surface area contributed by atoms with Gasteiger partial charge in [-0.25, -0.2) is 0 Å². The molecule has 2 heterocycles. The first kappa shape index (κ1) is 10.8. The maximum atomic E-state index is 10.6. The van der Waals surface area contributed by atoms with E-state index >= 15 is 0 Å². The molecule has 0 spiro atoms. The predicted octanol–water partition coefficient (Wildman–Crippen LogP) is 2.26. The van der Waals surface area contributed by atoms with Gasteiger partial charge in [-0.05, 0) is 38.6 Å². The first-order valence-corrected chi connectivity index (χ1v) is 5.98. The highest BCUT2D eigenvalue weighted by Gasteiger charge is 2.39. The molecule has 3 rings (SSSR count). The van der Waals surface area contributed by atoms with E-state index < -0.39 is 5.60 Å². The summed E-state index contributed by atoms with van der Waals surface area (Å²) in [6.07, 6.45) is 0.738. The van der Waals surface area contributed by atoms with Crippen LogP contribution >= 0.6 is 0 Å². The third-order valence-electron chi connectivity index (χ3n) is 3.57. The van der Waals surface area contributed by atoms with Gasteiger partial charge in [-0.3, -0.25) is 0 Å². The van der Waals surface area contributed by atoms with Crippen LogP contribution in [0.15, 0.2) is 28.7 Å². The van der Waals surface area contributed by atoms with Gasteiger partial charge < -0.3 is 14.4 Å². The molecule has 0 bridgehead atoms. The maximum absolute atomic E-state index is 10.6. The first-order chi connectivity index (χ1) is 8.07. The van der Waals surface area contributed by atoms with Crippen LogP contribution in [0.1, 0.15) is 17.7 Å². The van der Waals surface area contributed by atoms with E-state index in [4.69, 9.17) is 4.42 Å². The Morgan fingerprint density at radius 1 is 1.35 bits per heavy atom. The second-order valence-electron chi connectivity index (χ2n) is 5.17. The minimum Gasteiger partial charge on any atom is -0.458 e. The number of hydrogen-bond donors (Lipinski definition) is 1. The summed E-state index contributed by atoms with van der Waals surface area (Å²) in [4.78, 5) is 2.12. The molecule has 1 aliphatic rings. The number of aryl methyl sites for hydroxylation is 1. The second-order valence-corrected chi connectivity index (χ2v) is 5.17. The molecule has 1 atom stereocenters. The van der Waals surface area contributed by atoms with E-state index in [0.29, 0.717) is 12.3 Å². The first-order valence-electron chi connectivity index (χ1n) is 5.98. The molecule has 1 fully saturated rings. The fourth-order valence-corrected chi connectivity index (χ4v) is 2.57. The Bertz CT molecular complexity index is 560. The van der Waals surface area contributed by atoms with Crippen LogP contribution in [-0.4, -0.2) is 30.1 Å². The van der Waals surface area contributed by atoms with Crippen molar-refractivity contribution in [3.05, 3.63) is 35.6 Å². The minimum atomic E-state index is -0.818. The average Bonchev–Trinajstić information content (AvgIpc) is 2.83. The van der Waals surface area contributed by atoms with E-state index in [0.717, 1.165) is 23.9 Å². The molecule has 90 valence electrons. The maximum Gasteiger partial charge on any atom is 0.138 e. The topological polar surface area (TPSA) is 36.6 Å². The van der Waals surface area contributed by atoms with Crippen LogP contribution in [0.25, 0.3) is 11.0 Å². The highest BCUT2D eigenvalue weighted by atomic mass is 16.4. The van der Waals surface area contributed by atoms with Crippen molar-refractivity contribution in [3.63, 3.8) is 0 Å². The van der Waals surface area contributed by atoms with Crippen molar-refractivity contribution in [1.29, 1.82) is 0 Å². The zero-order valence-electron chi connectivity index (χ0n) is 10.2. The quantitative estimate of drug-likeness (QED) is 0.818. The summed E-state index contributed by atoms with van der Waals surface area (Å²) in [5.74, 6) is 0.697. The molecule has 2 aromatic rings. The number of β-amino-alcohol motifs (C(OH)–C–C–N with tert-alkyl or cyclic N) is 1. The predicted molar refractivity (Wildman–Crippen MR) is 67.0 cm³/mol. The Morgan fingerprint density at radius 3 is 2.88 bits per heavy atom. The van der Waals surface area contributed by atoms with Crippen molar-refractivity contribution in [2.75, 3.05) is 20.1 Å². The normalized spacial score (nSPS) is 25.8. The lowest BCUT2D eigenvalue weighted by molar-refractivity contribution is 0.0282. The highest BCUT2D eigenvalue weighted by Crippen LogP contribution is 2.34. The monoisotopic (exact) mass is 231 g/mol. The van der Waals surface area contributed by atoms with Gasteiger partial charge in [0.15, 0.2) is 0 Å². The molecule has 0 radical (unpaired) electrons. The van der Waals surface area contributed by atoms with Crippen LogP contribution in [-0.2, 0) is 5.60 Å². The van der Waals surface area contributed by atoms with Gasteiger partial charge in [0.1, 0.15) is 16.9 Å². The molecule has 1 aliphatic heterocycles. The fraction of sp³-hybridized carbons (Fsp3) is 0.429. The second kappa shape index (κ2) is 3.59. The number of likely N-dealkylation sites (N-methyl/N-ethyl adjacent to an activating group) is 1. The van der Waals surface area contributed by atoms with Crippen molar-refractivity contribution in [2.45, 2.75) is 18.9 Å². The van der Waals surface area contributed by atoms with Crippen molar-refractivity contribution in [2.24, 2.45) is 0 Å². The number of benzene rings is 1. The fourth-order valence-electron chi connectivity index (χ4n) is 2.57. The highest BCUT2D eigenvalue weighted by molar-refractivity contribution is 5.78. The minimum absolute atomic E-state index is 0.645. The van der Waals surface area contributed by atoms with E-state index in [1.165, 1.54) is 5.56 Å². The van der Waals surface area contributed by atoms with E-state index in [9.17, 15) is 5.11 Å². The van der Waals surface area contributed by atoms with Crippen molar-refractivity contribution in [3.8, 4) is 0 Å². The van der Waals surface area contributed by atoms with Crippen LogP contribution in [0.4, 0.5) is 0 Å². The average molecular weight is 231 g/mol. The van der Waals surface area contributed by atoms with Crippen LogP contribution in [0.2, 0.25) is 0 Å². The van der Waals surface area contributed by atoms with E-state index in [1.807, 2.05) is 25.2 Å². The lowest BCUT2D eigenvalue weighted by Gasteiger charge is -2.19. The molecule has 1 saturated heterocycles. The Hall–Kier alpha value is -1.32. The van der Waals surface area contributed by atoms with Gasteiger partial charge in [0.05, 0.1) is 0 Å². The van der Waals surface area contributed by atoms with Gasteiger partial charge in [0.2, 0.25) is 0 Å². The Balaban J connectivity index is 2.06. The molecule has 0 amide bonds. The van der Waals surface area contributed by atoms with Crippen molar-refractivity contribution < 1.29 is 9.52 Å². The lowest BCUT2D eigenvalue weighted by atomic mass is 10.00. The molecule has 3 heteroatoms. The number of nitrogens with zero attached hydrogens (tertiary/aromatic N) is 1. The molecule has 1 N–H and O–H groups in total. The molecule has 0 saturated carbocycles. The largest absolute Gasteiger partial charge is 0.458 e. The molecule has 3 nitrogen and oxygen atoms in total. The standard InChI is InChI=1S/C14H17NO2/c1-10-3-4-12-11(7-10)8-13(17-12)14(16)5-6-15(2)9-14/h3-4,7-8,16H,5-6,9H2,1-2H3. The number of hydrogen-bond acceptors (Lipinski definition) is 3. The number of rotatable bonds is 1. The summed E-state index contributed by atoms with van der Waals surface area (Å²) in [5, 5.41) is 11.6. The third-order valence-corrected chi connectivity index (χ3v) is 3.57. The number of aliphatic hydroxyl groups is 1. The molecule has 1 unspecified atom stereocenters. The Labute approximate surface area is 101 Å². The van der Waals surface area contributed by atoms with Gasteiger partial charge in [-0.2, -0.15) is 0 Å². The van der Waals surface area contributed by atoms with Crippen molar-refractivity contribution >= 4 is 11.0 Å². The molecular weight excluding hydrogens is 214 g/mol. The number of furan rings is 1. The van der Waals surface area contributed by atoms with Gasteiger partial charge in [-0.15, -0.1) is 0 Å². The smallest absolute Gasteiger partial charge is 0.138 e. The van der Waals surface area contributed by atoms with Gasteiger partial charge in [0, 0.05) is 18.5 Å². The van der Waals surface area contributed by atoms with Gasteiger partial charge in [-0.1, -0.05) is 11.6 Å².